The van der Waals surface area contributed by atoms with Crippen molar-refractivity contribution in [3.05, 3.63) is 22.4 Å². The summed E-state index contributed by atoms with van der Waals surface area (Å²) in [4.78, 5) is 4.07. The molecule has 1 aliphatic rings. The Bertz CT molecular complexity index is 297. The van der Waals surface area contributed by atoms with Crippen LogP contribution in [0.5, 0.6) is 0 Å². The van der Waals surface area contributed by atoms with E-state index in [0.29, 0.717) is 0 Å². The van der Waals surface area contributed by atoms with Gasteiger partial charge in [-0.15, -0.1) is 23.7 Å². The smallest absolute Gasteiger partial charge is 0.0327 e. The largest absolute Gasteiger partial charge is 0.317 e. The number of nitrogens with one attached hydrogen (secondary N) is 1. The van der Waals surface area contributed by atoms with E-state index in [1.807, 2.05) is 11.3 Å². The first kappa shape index (κ1) is 16.0. The number of rotatable bonds is 6. The number of nitrogens with zero attached hydrogens (tertiary/aromatic N) is 1. The topological polar surface area (TPSA) is 15.3 Å². The fourth-order valence-electron chi connectivity index (χ4n) is 2.51. The molecule has 0 amide bonds. The van der Waals surface area contributed by atoms with Crippen LogP contribution in [-0.4, -0.2) is 31.1 Å². The summed E-state index contributed by atoms with van der Waals surface area (Å²) in [6.07, 6.45) is 4.12. The SMILES string of the molecule is CCN(CCC1CCNCC1)Cc1cccs1.Cl. The van der Waals surface area contributed by atoms with Crippen LogP contribution in [0.4, 0.5) is 0 Å². The Morgan fingerprint density at radius 2 is 2.17 bits per heavy atom. The van der Waals surface area contributed by atoms with E-state index in [1.54, 1.807) is 0 Å². The second-order valence-corrected chi connectivity index (χ2v) is 5.96. The van der Waals surface area contributed by atoms with Gasteiger partial charge in [0.15, 0.2) is 0 Å². The van der Waals surface area contributed by atoms with Crippen LogP contribution in [0.3, 0.4) is 0 Å². The van der Waals surface area contributed by atoms with Gasteiger partial charge in [0.1, 0.15) is 0 Å². The molecule has 1 fully saturated rings. The minimum absolute atomic E-state index is 0. The quantitative estimate of drug-likeness (QED) is 0.863. The number of thiophene rings is 1. The van der Waals surface area contributed by atoms with Crippen molar-refractivity contribution in [3.8, 4) is 0 Å². The predicted octanol–water partition coefficient (Wildman–Crippen LogP) is 3.38. The molecule has 2 heterocycles. The lowest BCUT2D eigenvalue weighted by Crippen LogP contribution is -2.31. The van der Waals surface area contributed by atoms with Crippen LogP contribution >= 0.6 is 23.7 Å². The van der Waals surface area contributed by atoms with Crippen molar-refractivity contribution in [2.45, 2.75) is 32.7 Å². The Morgan fingerprint density at radius 1 is 1.39 bits per heavy atom. The van der Waals surface area contributed by atoms with Crippen molar-refractivity contribution >= 4 is 23.7 Å². The summed E-state index contributed by atoms with van der Waals surface area (Å²) in [5, 5.41) is 5.62. The fourth-order valence-corrected chi connectivity index (χ4v) is 3.25. The summed E-state index contributed by atoms with van der Waals surface area (Å²) in [5.41, 5.74) is 0. The second-order valence-electron chi connectivity index (χ2n) is 4.93. The first-order valence-electron chi connectivity index (χ1n) is 6.84. The zero-order chi connectivity index (χ0) is 11.9. The van der Waals surface area contributed by atoms with Crippen LogP contribution in [0.15, 0.2) is 17.5 Å². The maximum atomic E-state index is 3.44. The Hall–Kier alpha value is -0.0900. The molecule has 4 heteroatoms. The van der Waals surface area contributed by atoms with Gasteiger partial charge in [-0.25, -0.2) is 0 Å². The summed E-state index contributed by atoms with van der Waals surface area (Å²) >= 11 is 1.88. The van der Waals surface area contributed by atoms with Crippen molar-refractivity contribution in [2.75, 3.05) is 26.2 Å². The summed E-state index contributed by atoms with van der Waals surface area (Å²) in [5.74, 6) is 0.952. The standard InChI is InChI=1S/C14H24N2S.ClH/c1-2-16(12-14-4-3-11-17-14)10-7-13-5-8-15-9-6-13;/h3-4,11,13,15H,2,5-10,12H2,1H3;1H. The van der Waals surface area contributed by atoms with Crippen LogP contribution in [0.25, 0.3) is 0 Å². The molecule has 1 aromatic rings. The van der Waals surface area contributed by atoms with Crippen molar-refractivity contribution < 1.29 is 0 Å². The summed E-state index contributed by atoms with van der Waals surface area (Å²) in [6, 6.07) is 4.40. The number of hydrogen-bond donors (Lipinski definition) is 1. The van der Waals surface area contributed by atoms with Gasteiger partial charge in [0, 0.05) is 11.4 Å². The van der Waals surface area contributed by atoms with Gasteiger partial charge in [0.2, 0.25) is 0 Å². The minimum Gasteiger partial charge on any atom is -0.317 e. The minimum atomic E-state index is 0. The van der Waals surface area contributed by atoms with Gasteiger partial charge >= 0.3 is 0 Å². The maximum Gasteiger partial charge on any atom is 0.0327 e. The van der Waals surface area contributed by atoms with E-state index < -0.39 is 0 Å². The Morgan fingerprint density at radius 3 is 2.78 bits per heavy atom. The van der Waals surface area contributed by atoms with E-state index >= 15 is 0 Å². The molecule has 2 rings (SSSR count). The maximum absolute atomic E-state index is 3.44. The molecule has 18 heavy (non-hydrogen) atoms. The van der Waals surface area contributed by atoms with Gasteiger partial charge in [0.25, 0.3) is 0 Å². The molecule has 2 nitrogen and oxygen atoms in total. The average molecular weight is 289 g/mol. The van der Waals surface area contributed by atoms with Crippen LogP contribution in [0, 0.1) is 5.92 Å². The fraction of sp³-hybridized carbons (Fsp3) is 0.714. The van der Waals surface area contributed by atoms with Crippen molar-refractivity contribution in [3.63, 3.8) is 0 Å². The van der Waals surface area contributed by atoms with Crippen LogP contribution in [0.1, 0.15) is 31.1 Å². The van der Waals surface area contributed by atoms with Crippen molar-refractivity contribution in [2.24, 2.45) is 5.92 Å². The summed E-state index contributed by atoms with van der Waals surface area (Å²) < 4.78 is 0. The zero-order valence-electron chi connectivity index (χ0n) is 11.2. The Labute approximate surface area is 121 Å². The lowest BCUT2D eigenvalue weighted by Gasteiger charge is -2.26. The third kappa shape index (κ3) is 5.27. The number of halogens is 1. The highest BCUT2D eigenvalue weighted by molar-refractivity contribution is 7.09. The lowest BCUT2D eigenvalue weighted by molar-refractivity contribution is 0.239. The molecule has 0 bridgehead atoms. The first-order valence-corrected chi connectivity index (χ1v) is 7.72. The van der Waals surface area contributed by atoms with Gasteiger partial charge < -0.3 is 5.32 Å². The lowest BCUT2D eigenvalue weighted by atomic mass is 9.94. The molecule has 0 spiro atoms. The molecule has 1 N–H and O–H groups in total. The molecule has 0 unspecified atom stereocenters. The summed E-state index contributed by atoms with van der Waals surface area (Å²) in [6.45, 7) is 8.29. The van der Waals surface area contributed by atoms with Crippen LogP contribution < -0.4 is 5.32 Å². The molecule has 1 aliphatic heterocycles. The van der Waals surface area contributed by atoms with E-state index in [0.717, 1.165) is 12.5 Å². The van der Waals surface area contributed by atoms with Gasteiger partial charge in [0.05, 0.1) is 0 Å². The third-order valence-electron chi connectivity index (χ3n) is 3.72. The van der Waals surface area contributed by atoms with E-state index in [9.17, 15) is 0 Å². The van der Waals surface area contributed by atoms with Crippen molar-refractivity contribution in [1.29, 1.82) is 0 Å². The molecule has 0 radical (unpaired) electrons. The normalized spacial score (nSPS) is 16.8. The molecule has 0 aliphatic carbocycles. The van der Waals surface area contributed by atoms with E-state index in [-0.39, 0.29) is 12.4 Å². The molecule has 1 saturated heterocycles. The first-order chi connectivity index (χ1) is 8.38. The van der Waals surface area contributed by atoms with E-state index in [2.05, 4.69) is 34.7 Å². The summed E-state index contributed by atoms with van der Waals surface area (Å²) in [7, 11) is 0. The van der Waals surface area contributed by atoms with Crippen LogP contribution in [-0.2, 0) is 6.54 Å². The van der Waals surface area contributed by atoms with E-state index in [1.165, 1.54) is 50.3 Å². The Balaban J connectivity index is 0.00000162. The Kier molecular flexibility index (Phi) is 7.91. The molecule has 104 valence electrons. The second kappa shape index (κ2) is 8.92. The third-order valence-corrected chi connectivity index (χ3v) is 4.58. The molecule has 0 saturated carbocycles. The molecule has 1 aromatic heterocycles. The number of hydrogen-bond acceptors (Lipinski definition) is 3. The highest BCUT2D eigenvalue weighted by Gasteiger charge is 2.14. The molecule has 0 atom stereocenters. The molecular weight excluding hydrogens is 264 g/mol. The molecule has 0 aromatic carbocycles. The van der Waals surface area contributed by atoms with Gasteiger partial charge in [-0.1, -0.05) is 13.0 Å². The van der Waals surface area contributed by atoms with Gasteiger partial charge in [-0.2, -0.15) is 0 Å². The van der Waals surface area contributed by atoms with Gasteiger partial charge in [-0.05, 0) is 62.8 Å². The zero-order valence-corrected chi connectivity index (χ0v) is 12.9. The molecular formula is C14H25ClN2S. The van der Waals surface area contributed by atoms with Gasteiger partial charge in [-0.3, -0.25) is 4.90 Å². The highest BCUT2D eigenvalue weighted by atomic mass is 35.5. The average Bonchev–Trinajstić information content (AvgIpc) is 2.88. The van der Waals surface area contributed by atoms with Crippen molar-refractivity contribution in [1.82, 2.24) is 10.2 Å². The number of piperidine rings is 1. The highest BCUT2D eigenvalue weighted by Crippen LogP contribution is 2.18. The van der Waals surface area contributed by atoms with E-state index in [4.69, 9.17) is 0 Å². The predicted molar refractivity (Wildman–Crippen MR) is 82.7 cm³/mol. The monoisotopic (exact) mass is 288 g/mol. The van der Waals surface area contributed by atoms with Crippen LogP contribution in [0.2, 0.25) is 0 Å².